The molecule has 3 heteroatoms. The van der Waals surface area contributed by atoms with Crippen molar-refractivity contribution in [3.05, 3.63) is 24.4 Å². The quantitative estimate of drug-likeness (QED) is 0.585. The summed E-state index contributed by atoms with van der Waals surface area (Å²) in [5.41, 5.74) is 0. The van der Waals surface area contributed by atoms with Crippen molar-refractivity contribution >= 4 is 12.0 Å². The summed E-state index contributed by atoms with van der Waals surface area (Å²) in [4.78, 5) is 4.01. The third kappa shape index (κ3) is 2.03. The minimum atomic E-state index is 0.889. The molecule has 0 atom stereocenters. The Hall–Kier alpha value is -0.540. The summed E-state index contributed by atoms with van der Waals surface area (Å²) in [6.07, 6.45) is 1.74. The predicted molar refractivity (Wildman–Crippen MR) is 37.1 cm³/mol. The lowest BCUT2D eigenvalue weighted by Gasteiger charge is -1.92. The molecule has 1 rings (SSSR count). The Balaban J connectivity index is 2.61. The van der Waals surface area contributed by atoms with Crippen molar-refractivity contribution in [3.8, 4) is 0 Å². The second-order valence-electron chi connectivity index (χ2n) is 1.42. The van der Waals surface area contributed by atoms with Crippen LogP contribution in [0.15, 0.2) is 29.4 Å². The van der Waals surface area contributed by atoms with E-state index in [-0.39, 0.29) is 0 Å². The van der Waals surface area contributed by atoms with Crippen LogP contribution in [0.25, 0.3) is 0 Å². The lowest BCUT2D eigenvalue weighted by atomic mass is 10.5. The van der Waals surface area contributed by atoms with Gasteiger partial charge in [0.05, 0.1) is 7.11 Å². The number of rotatable bonds is 2. The van der Waals surface area contributed by atoms with Crippen LogP contribution in [0, 0.1) is 0 Å². The molecule has 0 saturated heterocycles. The summed E-state index contributed by atoms with van der Waals surface area (Å²) in [5.74, 6) is 0. The smallest absolute Gasteiger partial charge is 0.123 e. The first-order valence-corrected chi connectivity index (χ1v) is 3.29. The number of pyridine rings is 1. The molecule has 0 unspecified atom stereocenters. The summed E-state index contributed by atoms with van der Waals surface area (Å²) in [5, 5.41) is 0.889. The van der Waals surface area contributed by atoms with Crippen LogP contribution in [-0.4, -0.2) is 12.1 Å². The molecule has 0 aliphatic rings. The Morgan fingerprint density at radius 2 is 2.44 bits per heavy atom. The van der Waals surface area contributed by atoms with Gasteiger partial charge in [-0.2, -0.15) is 0 Å². The molecule has 0 spiro atoms. The van der Waals surface area contributed by atoms with Crippen LogP contribution >= 0.6 is 12.0 Å². The standard InChI is InChI=1S/C6H7NOS/c1-8-9-6-4-2-3-5-7-6/h2-5H,1H3. The lowest BCUT2D eigenvalue weighted by Crippen LogP contribution is -1.75. The zero-order valence-corrected chi connectivity index (χ0v) is 5.89. The zero-order chi connectivity index (χ0) is 6.53. The van der Waals surface area contributed by atoms with Crippen LogP contribution in [0.5, 0.6) is 0 Å². The SMILES string of the molecule is COSc1ccccn1. The molecule has 0 aliphatic heterocycles. The maximum atomic E-state index is 4.78. The fourth-order valence-corrected chi connectivity index (χ4v) is 0.891. The average Bonchev–Trinajstić information content (AvgIpc) is 1.91. The van der Waals surface area contributed by atoms with Crippen molar-refractivity contribution in [2.45, 2.75) is 5.03 Å². The third-order valence-electron chi connectivity index (χ3n) is 0.806. The van der Waals surface area contributed by atoms with Gasteiger partial charge in [-0.05, 0) is 12.1 Å². The topological polar surface area (TPSA) is 22.1 Å². The molecule has 0 bridgehead atoms. The third-order valence-corrected chi connectivity index (χ3v) is 1.39. The first kappa shape index (κ1) is 6.58. The molecule has 48 valence electrons. The number of nitrogens with zero attached hydrogens (tertiary/aromatic N) is 1. The molecular weight excluding hydrogens is 134 g/mol. The normalized spacial score (nSPS) is 9.44. The molecule has 1 aromatic heterocycles. The first-order valence-electron chi connectivity index (χ1n) is 2.55. The number of hydrogen-bond acceptors (Lipinski definition) is 3. The van der Waals surface area contributed by atoms with Gasteiger partial charge in [0.25, 0.3) is 0 Å². The Labute approximate surface area is 58.5 Å². The van der Waals surface area contributed by atoms with E-state index in [2.05, 4.69) is 4.98 Å². The van der Waals surface area contributed by atoms with Gasteiger partial charge in [0.2, 0.25) is 0 Å². The van der Waals surface area contributed by atoms with E-state index < -0.39 is 0 Å². The maximum Gasteiger partial charge on any atom is 0.123 e. The van der Waals surface area contributed by atoms with E-state index in [0.717, 1.165) is 5.03 Å². The monoisotopic (exact) mass is 141 g/mol. The molecule has 1 aromatic rings. The second kappa shape index (κ2) is 3.48. The van der Waals surface area contributed by atoms with Crippen molar-refractivity contribution in [2.75, 3.05) is 7.11 Å². The molecular formula is C6H7NOS. The van der Waals surface area contributed by atoms with Gasteiger partial charge < -0.3 is 4.18 Å². The molecule has 0 aliphatic carbocycles. The fourth-order valence-electron chi connectivity index (χ4n) is 0.482. The lowest BCUT2D eigenvalue weighted by molar-refractivity contribution is 0.488. The summed E-state index contributed by atoms with van der Waals surface area (Å²) < 4.78 is 4.78. The summed E-state index contributed by atoms with van der Waals surface area (Å²) >= 11 is 1.26. The van der Waals surface area contributed by atoms with Crippen LogP contribution in [0.4, 0.5) is 0 Å². The summed E-state index contributed by atoms with van der Waals surface area (Å²) in [7, 11) is 1.62. The van der Waals surface area contributed by atoms with E-state index in [1.54, 1.807) is 13.3 Å². The van der Waals surface area contributed by atoms with Gasteiger partial charge in [-0.1, -0.05) is 6.07 Å². The second-order valence-corrected chi connectivity index (χ2v) is 2.34. The van der Waals surface area contributed by atoms with Gasteiger partial charge in [-0.25, -0.2) is 4.98 Å². The molecule has 2 nitrogen and oxygen atoms in total. The molecule has 0 saturated carbocycles. The molecule has 0 fully saturated rings. The van der Waals surface area contributed by atoms with E-state index in [9.17, 15) is 0 Å². The maximum absolute atomic E-state index is 4.78. The van der Waals surface area contributed by atoms with Gasteiger partial charge in [0.15, 0.2) is 0 Å². The van der Waals surface area contributed by atoms with Crippen molar-refractivity contribution in [1.29, 1.82) is 0 Å². The largest absolute Gasteiger partial charge is 0.312 e. The van der Waals surface area contributed by atoms with E-state index in [0.29, 0.717) is 0 Å². The zero-order valence-electron chi connectivity index (χ0n) is 5.07. The highest BCUT2D eigenvalue weighted by atomic mass is 32.2. The average molecular weight is 141 g/mol. The minimum Gasteiger partial charge on any atom is -0.312 e. The number of hydrogen-bond donors (Lipinski definition) is 0. The highest BCUT2D eigenvalue weighted by Crippen LogP contribution is 2.12. The summed E-state index contributed by atoms with van der Waals surface area (Å²) in [6, 6.07) is 5.70. The molecule has 9 heavy (non-hydrogen) atoms. The van der Waals surface area contributed by atoms with Crippen LogP contribution in [0.1, 0.15) is 0 Å². The molecule has 0 amide bonds. The predicted octanol–water partition coefficient (Wildman–Crippen LogP) is 1.74. The van der Waals surface area contributed by atoms with Crippen LogP contribution in [0.2, 0.25) is 0 Å². The van der Waals surface area contributed by atoms with Crippen LogP contribution in [-0.2, 0) is 4.18 Å². The van der Waals surface area contributed by atoms with Gasteiger partial charge in [0.1, 0.15) is 5.03 Å². The van der Waals surface area contributed by atoms with Gasteiger partial charge in [-0.3, -0.25) is 0 Å². The molecule has 1 heterocycles. The Kier molecular flexibility index (Phi) is 2.54. The van der Waals surface area contributed by atoms with Gasteiger partial charge in [0, 0.05) is 18.2 Å². The Morgan fingerprint density at radius 1 is 1.56 bits per heavy atom. The van der Waals surface area contributed by atoms with Gasteiger partial charge >= 0.3 is 0 Å². The van der Waals surface area contributed by atoms with Crippen molar-refractivity contribution in [2.24, 2.45) is 0 Å². The molecule has 0 radical (unpaired) electrons. The highest BCUT2D eigenvalue weighted by Gasteiger charge is 1.88. The Bertz CT molecular complexity index is 166. The number of aromatic nitrogens is 1. The first-order chi connectivity index (χ1) is 4.43. The van der Waals surface area contributed by atoms with E-state index in [1.165, 1.54) is 12.0 Å². The van der Waals surface area contributed by atoms with Crippen molar-refractivity contribution < 1.29 is 4.18 Å². The van der Waals surface area contributed by atoms with E-state index in [1.807, 2.05) is 18.2 Å². The van der Waals surface area contributed by atoms with Crippen LogP contribution < -0.4 is 0 Å². The van der Waals surface area contributed by atoms with Crippen molar-refractivity contribution in [3.63, 3.8) is 0 Å². The Morgan fingerprint density at radius 3 is 3.00 bits per heavy atom. The highest BCUT2D eigenvalue weighted by molar-refractivity contribution is 7.94. The van der Waals surface area contributed by atoms with E-state index in [4.69, 9.17) is 4.18 Å². The van der Waals surface area contributed by atoms with Crippen LogP contribution in [0.3, 0.4) is 0 Å². The molecule has 0 N–H and O–H groups in total. The van der Waals surface area contributed by atoms with Gasteiger partial charge in [-0.15, -0.1) is 0 Å². The minimum absolute atomic E-state index is 0.889. The van der Waals surface area contributed by atoms with E-state index >= 15 is 0 Å². The summed E-state index contributed by atoms with van der Waals surface area (Å²) in [6.45, 7) is 0. The fraction of sp³-hybridized carbons (Fsp3) is 0.167. The molecule has 0 aromatic carbocycles. The van der Waals surface area contributed by atoms with Crippen molar-refractivity contribution in [1.82, 2.24) is 4.98 Å².